The lowest BCUT2D eigenvalue weighted by molar-refractivity contribution is 0.143. The molecule has 0 unspecified atom stereocenters. The summed E-state index contributed by atoms with van der Waals surface area (Å²) in [7, 11) is 0. The van der Waals surface area contributed by atoms with Crippen molar-refractivity contribution in [2.24, 2.45) is 0 Å². The molecule has 0 atom stereocenters. The maximum Gasteiger partial charge on any atom is -0.00102 e. The van der Waals surface area contributed by atoms with Crippen LogP contribution in [-0.4, -0.2) is 24.5 Å². The summed E-state index contributed by atoms with van der Waals surface area (Å²) in [6.07, 6.45) is 12.5. The summed E-state index contributed by atoms with van der Waals surface area (Å²) in [4.78, 5) is 2.72. The number of likely N-dealkylation sites (tertiary alicyclic amines) is 1. The lowest BCUT2D eigenvalue weighted by Crippen LogP contribution is -2.44. The van der Waals surface area contributed by atoms with Crippen molar-refractivity contribution in [1.29, 1.82) is 0 Å². The number of aryl methyl sites for hydroxylation is 1. The smallest absolute Gasteiger partial charge is 0.00102 e. The van der Waals surface area contributed by atoms with Gasteiger partial charge >= 0.3 is 0 Å². The molecular weight excluding hydrogens is 290 g/mol. The van der Waals surface area contributed by atoms with Crippen LogP contribution in [0.25, 0.3) is 0 Å². The molecule has 0 aromatic heterocycles. The van der Waals surface area contributed by atoms with Gasteiger partial charge in [-0.15, -0.1) is 12.4 Å². The summed E-state index contributed by atoms with van der Waals surface area (Å²) in [5.41, 5.74) is 3.86. The summed E-state index contributed by atoms with van der Waals surface area (Å²) in [6.45, 7) is 6.27. The van der Waals surface area contributed by atoms with E-state index in [1.165, 1.54) is 77.4 Å². The maximum atomic E-state index is 2.72. The van der Waals surface area contributed by atoms with Gasteiger partial charge in [-0.1, -0.05) is 50.5 Å². The highest BCUT2D eigenvalue weighted by molar-refractivity contribution is 5.85. The molecule has 2 heteroatoms. The molecular formula is C20H32ClN. The summed E-state index contributed by atoms with van der Waals surface area (Å²) in [6, 6.07) is 9.27. The van der Waals surface area contributed by atoms with Crippen molar-refractivity contribution >= 4 is 12.4 Å². The third-order valence-corrected chi connectivity index (χ3v) is 5.83. The second-order valence-corrected chi connectivity index (χ2v) is 7.19. The molecule has 0 amide bonds. The topological polar surface area (TPSA) is 3.24 Å². The fourth-order valence-electron chi connectivity index (χ4n) is 4.49. The molecule has 1 heterocycles. The van der Waals surface area contributed by atoms with Gasteiger partial charge in [-0.2, -0.15) is 0 Å². The number of rotatable bonds is 5. The molecule has 1 nitrogen and oxygen atoms in total. The fourth-order valence-corrected chi connectivity index (χ4v) is 4.49. The average Bonchev–Trinajstić information content (AvgIpc) is 2.54. The van der Waals surface area contributed by atoms with E-state index in [-0.39, 0.29) is 12.4 Å². The SMILES string of the molecule is CCCCCCN1CCC2(CCCc3ccccc32)CC1.Cl. The van der Waals surface area contributed by atoms with Crippen LogP contribution in [0.1, 0.15) is 69.4 Å². The van der Waals surface area contributed by atoms with Crippen molar-refractivity contribution in [3.63, 3.8) is 0 Å². The van der Waals surface area contributed by atoms with Crippen LogP contribution in [0.2, 0.25) is 0 Å². The summed E-state index contributed by atoms with van der Waals surface area (Å²) >= 11 is 0. The van der Waals surface area contributed by atoms with Gasteiger partial charge < -0.3 is 4.90 Å². The summed E-state index contributed by atoms with van der Waals surface area (Å²) < 4.78 is 0. The van der Waals surface area contributed by atoms with Crippen LogP contribution in [0.5, 0.6) is 0 Å². The Morgan fingerprint density at radius 3 is 2.55 bits per heavy atom. The highest BCUT2D eigenvalue weighted by Gasteiger charge is 2.38. The van der Waals surface area contributed by atoms with Gasteiger partial charge in [-0.25, -0.2) is 0 Å². The standard InChI is InChI=1S/C20H31N.ClH/c1-2-3-4-7-15-21-16-13-20(14-17-21)12-8-10-18-9-5-6-11-19(18)20;/h5-6,9,11H,2-4,7-8,10,12-17H2,1H3;1H. The molecule has 0 saturated carbocycles. The van der Waals surface area contributed by atoms with Gasteiger partial charge in [0.05, 0.1) is 0 Å². The van der Waals surface area contributed by atoms with Crippen molar-refractivity contribution in [2.75, 3.05) is 19.6 Å². The Balaban J connectivity index is 0.00000176. The minimum absolute atomic E-state index is 0. The molecule has 0 bridgehead atoms. The van der Waals surface area contributed by atoms with E-state index in [4.69, 9.17) is 0 Å². The van der Waals surface area contributed by atoms with Crippen LogP contribution < -0.4 is 0 Å². The second kappa shape index (κ2) is 8.36. The van der Waals surface area contributed by atoms with Gasteiger partial charge in [0.1, 0.15) is 0 Å². The molecule has 124 valence electrons. The molecule has 1 aromatic rings. The molecule has 0 N–H and O–H groups in total. The van der Waals surface area contributed by atoms with Crippen LogP contribution in [0, 0.1) is 0 Å². The van der Waals surface area contributed by atoms with Crippen LogP contribution in [0.15, 0.2) is 24.3 Å². The lowest BCUT2D eigenvalue weighted by Gasteiger charge is -2.45. The van der Waals surface area contributed by atoms with E-state index >= 15 is 0 Å². The molecule has 1 aromatic carbocycles. The highest BCUT2D eigenvalue weighted by atomic mass is 35.5. The number of nitrogens with zero attached hydrogens (tertiary/aromatic N) is 1. The number of halogens is 1. The molecule has 3 rings (SSSR count). The van der Waals surface area contributed by atoms with E-state index in [1.807, 2.05) is 0 Å². The number of hydrogen-bond donors (Lipinski definition) is 0. The first-order valence-corrected chi connectivity index (χ1v) is 9.15. The fraction of sp³-hybridized carbons (Fsp3) is 0.700. The summed E-state index contributed by atoms with van der Waals surface area (Å²) in [5.74, 6) is 0. The van der Waals surface area contributed by atoms with Crippen molar-refractivity contribution in [2.45, 2.75) is 70.1 Å². The predicted molar refractivity (Wildman–Crippen MR) is 98.1 cm³/mol. The van der Waals surface area contributed by atoms with Crippen molar-refractivity contribution < 1.29 is 0 Å². The Bertz CT molecular complexity index is 449. The van der Waals surface area contributed by atoms with E-state index in [1.54, 1.807) is 11.1 Å². The van der Waals surface area contributed by atoms with Crippen LogP contribution in [-0.2, 0) is 11.8 Å². The zero-order valence-electron chi connectivity index (χ0n) is 14.2. The molecule has 1 saturated heterocycles. The van der Waals surface area contributed by atoms with E-state index in [0.717, 1.165) is 0 Å². The number of unbranched alkanes of at least 4 members (excludes halogenated alkanes) is 3. The Morgan fingerprint density at radius 2 is 1.77 bits per heavy atom. The van der Waals surface area contributed by atoms with Gasteiger partial charge in [0.15, 0.2) is 0 Å². The molecule has 22 heavy (non-hydrogen) atoms. The quantitative estimate of drug-likeness (QED) is 0.660. The summed E-state index contributed by atoms with van der Waals surface area (Å²) in [5, 5.41) is 0. The zero-order chi connectivity index (χ0) is 14.5. The van der Waals surface area contributed by atoms with Gasteiger partial charge in [-0.3, -0.25) is 0 Å². The zero-order valence-corrected chi connectivity index (χ0v) is 15.0. The second-order valence-electron chi connectivity index (χ2n) is 7.19. The molecule has 1 aliphatic carbocycles. The third-order valence-electron chi connectivity index (χ3n) is 5.83. The van der Waals surface area contributed by atoms with Crippen LogP contribution >= 0.6 is 12.4 Å². The van der Waals surface area contributed by atoms with Gasteiger partial charge in [0.25, 0.3) is 0 Å². The van der Waals surface area contributed by atoms with Gasteiger partial charge in [0.2, 0.25) is 0 Å². The minimum atomic E-state index is 0. The van der Waals surface area contributed by atoms with Crippen molar-refractivity contribution in [1.82, 2.24) is 4.90 Å². The van der Waals surface area contributed by atoms with Crippen molar-refractivity contribution in [3.05, 3.63) is 35.4 Å². The van der Waals surface area contributed by atoms with Crippen LogP contribution in [0.4, 0.5) is 0 Å². The number of piperidine rings is 1. The Hall–Kier alpha value is -0.530. The number of hydrogen-bond acceptors (Lipinski definition) is 1. The Labute approximate surface area is 142 Å². The third kappa shape index (κ3) is 3.86. The maximum absolute atomic E-state index is 2.72. The van der Waals surface area contributed by atoms with Crippen molar-refractivity contribution in [3.8, 4) is 0 Å². The van der Waals surface area contributed by atoms with E-state index in [0.29, 0.717) is 5.41 Å². The molecule has 1 aliphatic heterocycles. The predicted octanol–water partition coefficient (Wildman–Crippen LogP) is 5.36. The Kier molecular flexibility index (Phi) is 6.77. The van der Waals surface area contributed by atoms with Gasteiger partial charge in [-0.05, 0) is 74.7 Å². The van der Waals surface area contributed by atoms with E-state index < -0.39 is 0 Å². The molecule has 1 fully saturated rings. The molecule has 1 spiro atoms. The van der Waals surface area contributed by atoms with Gasteiger partial charge in [0, 0.05) is 0 Å². The van der Waals surface area contributed by atoms with Crippen LogP contribution in [0.3, 0.4) is 0 Å². The largest absolute Gasteiger partial charge is 0.303 e. The van der Waals surface area contributed by atoms with E-state index in [2.05, 4.69) is 36.1 Å². The number of fused-ring (bicyclic) bond motifs is 2. The Morgan fingerprint density at radius 1 is 1.00 bits per heavy atom. The van der Waals surface area contributed by atoms with E-state index in [9.17, 15) is 0 Å². The molecule has 0 radical (unpaired) electrons. The first-order valence-electron chi connectivity index (χ1n) is 9.15. The first kappa shape index (κ1) is 17.8. The highest BCUT2D eigenvalue weighted by Crippen LogP contribution is 2.44. The number of benzene rings is 1. The lowest BCUT2D eigenvalue weighted by atomic mass is 9.65. The minimum Gasteiger partial charge on any atom is -0.303 e. The monoisotopic (exact) mass is 321 g/mol. The normalized spacial score (nSPS) is 20.4. The average molecular weight is 322 g/mol. The molecule has 2 aliphatic rings. The first-order chi connectivity index (χ1) is 10.3.